The Hall–Kier alpha value is -7.32. The van der Waals surface area contributed by atoms with Gasteiger partial charge in [0.25, 0.3) is 0 Å². The van der Waals surface area contributed by atoms with E-state index in [0.29, 0.717) is 0 Å². The van der Waals surface area contributed by atoms with Crippen LogP contribution in [0.5, 0.6) is 0 Å². The fraction of sp³-hybridized carbons (Fsp3) is 0. The summed E-state index contributed by atoms with van der Waals surface area (Å²) in [5.74, 6) is 0. The van der Waals surface area contributed by atoms with E-state index in [0.717, 1.165) is 82.4 Å². The Balaban J connectivity index is 1.06. The SMILES string of the molecule is O=P(c1ccccc1)(c1ccccc1)c1ccc(-c2cccc(-c3ccc4c(c3)c3cc5c(cc3n4-c3ccccc3)c(-c3ccccc3)nc3ccccc35)c2)cc1. The van der Waals surface area contributed by atoms with Gasteiger partial charge < -0.3 is 9.13 Å². The second-order valence-electron chi connectivity index (χ2n) is 15.1. The first-order valence-electron chi connectivity index (χ1n) is 20.0. The van der Waals surface area contributed by atoms with Crippen LogP contribution >= 0.6 is 7.14 Å². The van der Waals surface area contributed by atoms with E-state index in [-0.39, 0.29) is 0 Å². The third kappa shape index (κ3) is 5.90. The van der Waals surface area contributed by atoms with Gasteiger partial charge >= 0.3 is 0 Å². The second kappa shape index (κ2) is 14.3. The Labute approximate surface area is 342 Å². The van der Waals surface area contributed by atoms with Crippen LogP contribution in [0.15, 0.2) is 224 Å². The van der Waals surface area contributed by atoms with E-state index in [1.807, 2.05) is 72.8 Å². The van der Waals surface area contributed by atoms with Crippen molar-refractivity contribution in [3.63, 3.8) is 0 Å². The fourth-order valence-electron chi connectivity index (χ4n) is 8.78. The highest BCUT2D eigenvalue weighted by Crippen LogP contribution is 2.44. The molecule has 0 aliphatic rings. The molecule has 0 unspecified atom stereocenters. The molecule has 3 nitrogen and oxygen atoms in total. The van der Waals surface area contributed by atoms with Gasteiger partial charge in [0, 0.05) is 48.7 Å². The number of hydrogen-bond acceptors (Lipinski definition) is 2. The smallest absolute Gasteiger partial charge is 0.171 e. The lowest BCUT2D eigenvalue weighted by atomic mass is 9.96. The summed E-state index contributed by atoms with van der Waals surface area (Å²) in [7, 11) is -3.06. The molecule has 0 radical (unpaired) electrons. The first kappa shape index (κ1) is 34.9. The molecule has 0 fully saturated rings. The summed E-state index contributed by atoms with van der Waals surface area (Å²) in [6, 6.07) is 78.0. The number of nitrogens with zero attached hydrogens (tertiary/aromatic N) is 2. The molecule has 11 rings (SSSR count). The first-order valence-corrected chi connectivity index (χ1v) is 21.7. The molecule has 0 spiro atoms. The molecule has 2 aromatic heterocycles. The van der Waals surface area contributed by atoms with Crippen LogP contribution in [0, 0.1) is 0 Å². The minimum absolute atomic E-state index is 0.821. The van der Waals surface area contributed by atoms with Crippen LogP contribution in [0.1, 0.15) is 0 Å². The average molecular weight is 773 g/mol. The molecule has 9 aromatic carbocycles. The molecule has 0 saturated carbocycles. The standard InChI is InChI=1S/C55H37N2OP/c58-59(44-22-9-3-10-23-44,45-24-11-4-12-25-45)46-31-28-38(29-32-46)40-18-15-19-41(34-40)42-30-33-53-49(35-42)50-36-48-47-26-13-14-27-52(47)56-55(39-16-5-1-6-17-39)51(48)37-54(50)57(53)43-20-7-2-8-21-43/h1-37H. The Morgan fingerprint density at radius 1 is 0.339 bits per heavy atom. The molecule has 0 saturated heterocycles. The largest absolute Gasteiger partial charge is 0.309 e. The average Bonchev–Trinajstić information content (AvgIpc) is 3.64. The highest BCUT2D eigenvalue weighted by Gasteiger charge is 2.29. The predicted octanol–water partition coefficient (Wildman–Crippen LogP) is 13.1. The highest BCUT2D eigenvalue weighted by molar-refractivity contribution is 7.85. The van der Waals surface area contributed by atoms with Gasteiger partial charge in [0.15, 0.2) is 7.14 Å². The Kier molecular flexibility index (Phi) is 8.43. The molecule has 278 valence electrons. The lowest BCUT2D eigenvalue weighted by Gasteiger charge is -2.20. The van der Waals surface area contributed by atoms with E-state index >= 15 is 4.57 Å². The molecule has 0 amide bonds. The number of aromatic nitrogens is 2. The van der Waals surface area contributed by atoms with Gasteiger partial charge in [-0.05, 0) is 76.2 Å². The highest BCUT2D eigenvalue weighted by atomic mass is 31.2. The summed E-state index contributed by atoms with van der Waals surface area (Å²) in [5, 5.41) is 8.34. The topological polar surface area (TPSA) is 34.9 Å². The summed E-state index contributed by atoms with van der Waals surface area (Å²) >= 11 is 0. The van der Waals surface area contributed by atoms with Crippen LogP contribution in [0.4, 0.5) is 0 Å². The van der Waals surface area contributed by atoms with E-state index in [2.05, 4.69) is 156 Å². The quantitative estimate of drug-likeness (QED) is 0.119. The van der Waals surface area contributed by atoms with Crippen LogP contribution in [0.3, 0.4) is 0 Å². The van der Waals surface area contributed by atoms with Crippen molar-refractivity contribution in [3.05, 3.63) is 224 Å². The van der Waals surface area contributed by atoms with Gasteiger partial charge in [0.05, 0.1) is 22.2 Å². The van der Waals surface area contributed by atoms with Crippen molar-refractivity contribution < 1.29 is 4.57 Å². The van der Waals surface area contributed by atoms with Gasteiger partial charge in [-0.2, -0.15) is 0 Å². The summed E-state index contributed by atoms with van der Waals surface area (Å²) < 4.78 is 17.4. The number of fused-ring (bicyclic) bond motifs is 6. The maximum Gasteiger partial charge on any atom is 0.171 e. The monoisotopic (exact) mass is 772 g/mol. The third-order valence-electron chi connectivity index (χ3n) is 11.6. The molecular weight excluding hydrogens is 736 g/mol. The van der Waals surface area contributed by atoms with Crippen LogP contribution in [-0.4, -0.2) is 9.55 Å². The van der Waals surface area contributed by atoms with E-state index in [4.69, 9.17) is 4.98 Å². The van der Waals surface area contributed by atoms with E-state index < -0.39 is 7.14 Å². The summed E-state index contributed by atoms with van der Waals surface area (Å²) in [4.78, 5) is 5.24. The minimum Gasteiger partial charge on any atom is -0.309 e. The molecule has 0 atom stereocenters. The molecule has 0 bridgehead atoms. The van der Waals surface area contributed by atoms with Crippen LogP contribution in [0.2, 0.25) is 0 Å². The normalized spacial score (nSPS) is 11.8. The van der Waals surface area contributed by atoms with E-state index in [1.165, 1.54) is 16.2 Å². The molecule has 0 aliphatic heterocycles. The zero-order chi connectivity index (χ0) is 39.3. The molecular formula is C55H37N2OP. The predicted molar refractivity (Wildman–Crippen MR) is 249 cm³/mol. The molecule has 11 aromatic rings. The Morgan fingerprint density at radius 3 is 1.56 bits per heavy atom. The van der Waals surface area contributed by atoms with E-state index in [9.17, 15) is 0 Å². The molecule has 4 heteroatoms. The summed E-state index contributed by atoms with van der Waals surface area (Å²) in [6.07, 6.45) is 0. The van der Waals surface area contributed by atoms with Gasteiger partial charge in [-0.1, -0.05) is 176 Å². The van der Waals surface area contributed by atoms with Gasteiger partial charge in [0.2, 0.25) is 0 Å². The van der Waals surface area contributed by atoms with Crippen molar-refractivity contribution in [1.82, 2.24) is 9.55 Å². The van der Waals surface area contributed by atoms with Crippen molar-refractivity contribution >= 4 is 66.5 Å². The van der Waals surface area contributed by atoms with E-state index in [1.54, 1.807) is 0 Å². The number of para-hydroxylation sites is 2. The van der Waals surface area contributed by atoms with Crippen molar-refractivity contribution in [3.8, 4) is 39.2 Å². The molecule has 59 heavy (non-hydrogen) atoms. The second-order valence-corrected chi connectivity index (χ2v) is 17.8. The van der Waals surface area contributed by atoms with Crippen LogP contribution in [-0.2, 0) is 4.57 Å². The summed E-state index contributed by atoms with van der Waals surface area (Å²) in [6.45, 7) is 0. The minimum atomic E-state index is -3.06. The van der Waals surface area contributed by atoms with Crippen LogP contribution in [0.25, 0.3) is 82.7 Å². The number of benzene rings is 9. The van der Waals surface area contributed by atoms with Gasteiger partial charge in [0.1, 0.15) is 0 Å². The molecule has 0 aliphatic carbocycles. The zero-order valence-electron chi connectivity index (χ0n) is 32.1. The lowest BCUT2D eigenvalue weighted by molar-refractivity contribution is 0.592. The number of pyridine rings is 1. The zero-order valence-corrected chi connectivity index (χ0v) is 33.0. The van der Waals surface area contributed by atoms with Crippen molar-refractivity contribution in [1.29, 1.82) is 0 Å². The van der Waals surface area contributed by atoms with Crippen LogP contribution < -0.4 is 15.9 Å². The number of hydrogen-bond donors (Lipinski definition) is 0. The van der Waals surface area contributed by atoms with Gasteiger partial charge in [-0.3, -0.25) is 0 Å². The van der Waals surface area contributed by atoms with Gasteiger partial charge in [-0.25, -0.2) is 4.98 Å². The van der Waals surface area contributed by atoms with Gasteiger partial charge in [-0.15, -0.1) is 0 Å². The summed E-state index contributed by atoms with van der Waals surface area (Å²) in [5.41, 5.74) is 10.9. The Morgan fingerprint density at radius 2 is 0.864 bits per heavy atom. The lowest BCUT2D eigenvalue weighted by Crippen LogP contribution is -2.24. The molecule has 0 N–H and O–H groups in total. The Bertz CT molecular complexity index is 3340. The van der Waals surface area contributed by atoms with Crippen molar-refractivity contribution in [2.45, 2.75) is 0 Å². The maximum absolute atomic E-state index is 15.0. The third-order valence-corrected chi connectivity index (χ3v) is 14.7. The number of rotatable bonds is 7. The maximum atomic E-state index is 15.0. The molecule has 2 heterocycles. The fourth-order valence-corrected chi connectivity index (χ4v) is 11.4. The van der Waals surface area contributed by atoms with Crippen molar-refractivity contribution in [2.24, 2.45) is 0 Å². The first-order chi connectivity index (χ1) is 29.1. The van der Waals surface area contributed by atoms with Crippen molar-refractivity contribution in [2.75, 3.05) is 0 Å².